The summed E-state index contributed by atoms with van der Waals surface area (Å²) in [6.45, 7) is 3.67. The first-order valence-electron chi connectivity index (χ1n) is 3.41. The van der Waals surface area contributed by atoms with Crippen LogP contribution >= 0.6 is 0 Å². The largest absolute Gasteiger partial charge is 0.479 e. The van der Waals surface area contributed by atoms with Crippen LogP contribution in [0.4, 0.5) is 0 Å². The summed E-state index contributed by atoms with van der Waals surface area (Å²) in [5, 5.41) is 17.4. The van der Waals surface area contributed by atoms with Crippen LogP contribution in [-0.2, 0) is 14.3 Å². The van der Waals surface area contributed by atoms with E-state index in [-0.39, 0.29) is 0 Å². The second-order valence-electron chi connectivity index (χ2n) is 2.94. The average molecular weight is 176 g/mol. The number of hydrogen-bond acceptors (Lipinski definition) is 4. The van der Waals surface area contributed by atoms with Crippen LogP contribution in [0.5, 0.6) is 0 Å². The molecular formula is C7H12O5. The molecule has 0 rings (SSSR count). The van der Waals surface area contributed by atoms with Crippen LogP contribution in [0.1, 0.15) is 20.8 Å². The molecule has 0 aromatic carbocycles. The van der Waals surface area contributed by atoms with Gasteiger partial charge in [0.2, 0.25) is 0 Å². The van der Waals surface area contributed by atoms with Gasteiger partial charge in [-0.25, -0.2) is 9.59 Å². The average Bonchev–Trinajstić information content (AvgIpc) is 1.85. The number of ether oxygens (including phenoxy) is 1. The molecule has 1 atom stereocenters. The van der Waals surface area contributed by atoms with Gasteiger partial charge in [-0.2, -0.15) is 0 Å². The van der Waals surface area contributed by atoms with Crippen molar-refractivity contribution in [3.8, 4) is 0 Å². The van der Waals surface area contributed by atoms with Gasteiger partial charge in [-0.15, -0.1) is 0 Å². The Morgan fingerprint density at radius 2 is 1.83 bits per heavy atom. The quantitative estimate of drug-likeness (QED) is 0.580. The van der Waals surface area contributed by atoms with E-state index >= 15 is 0 Å². The molecular weight excluding hydrogens is 164 g/mol. The van der Waals surface area contributed by atoms with Crippen LogP contribution in [0.15, 0.2) is 0 Å². The van der Waals surface area contributed by atoms with E-state index < -0.39 is 23.6 Å². The van der Waals surface area contributed by atoms with Crippen molar-refractivity contribution in [1.82, 2.24) is 0 Å². The van der Waals surface area contributed by atoms with Crippen molar-refractivity contribution in [3.63, 3.8) is 0 Å². The molecule has 0 spiro atoms. The lowest BCUT2D eigenvalue weighted by atomic mass is 10.1. The monoisotopic (exact) mass is 176 g/mol. The second kappa shape index (κ2) is 3.53. The number of rotatable bonds is 3. The highest BCUT2D eigenvalue weighted by atomic mass is 16.6. The Morgan fingerprint density at radius 3 is 2.08 bits per heavy atom. The van der Waals surface area contributed by atoms with Gasteiger partial charge in [-0.1, -0.05) is 0 Å². The van der Waals surface area contributed by atoms with E-state index in [1.165, 1.54) is 20.8 Å². The minimum atomic E-state index is -1.65. The van der Waals surface area contributed by atoms with Crippen molar-refractivity contribution in [2.24, 2.45) is 0 Å². The lowest BCUT2D eigenvalue weighted by Crippen LogP contribution is -2.37. The lowest BCUT2D eigenvalue weighted by molar-refractivity contribution is -0.174. The van der Waals surface area contributed by atoms with E-state index in [1.54, 1.807) is 0 Å². The third kappa shape index (κ3) is 3.34. The molecule has 1 unspecified atom stereocenters. The molecule has 0 heterocycles. The van der Waals surface area contributed by atoms with Gasteiger partial charge in [0.1, 0.15) is 0 Å². The number of carbonyl (C=O) groups is 2. The van der Waals surface area contributed by atoms with Crippen LogP contribution in [-0.4, -0.2) is 33.9 Å². The van der Waals surface area contributed by atoms with E-state index in [4.69, 9.17) is 10.2 Å². The number of carboxylic acids is 1. The van der Waals surface area contributed by atoms with Gasteiger partial charge in [0.05, 0.1) is 0 Å². The number of hydrogen-bond donors (Lipinski definition) is 2. The molecule has 0 fully saturated rings. The molecule has 5 heteroatoms. The summed E-state index contributed by atoms with van der Waals surface area (Å²) in [6.07, 6.45) is -1.23. The Labute approximate surface area is 70.0 Å². The molecule has 0 saturated heterocycles. The maximum absolute atomic E-state index is 10.8. The predicted octanol–water partition coefficient (Wildman–Crippen LogP) is -0.226. The highest BCUT2D eigenvalue weighted by molar-refractivity contribution is 5.82. The fourth-order valence-corrected chi connectivity index (χ4v) is 0.355. The summed E-state index contributed by atoms with van der Waals surface area (Å²) < 4.78 is 4.39. The van der Waals surface area contributed by atoms with Crippen molar-refractivity contribution in [2.45, 2.75) is 32.5 Å². The molecule has 5 nitrogen and oxygen atoms in total. The first-order chi connectivity index (χ1) is 5.25. The summed E-state index contributed by atoms with van der Waals surface area (Å²) >= 11 is 0. The molecule has 0 bridgehead atoms. The number of aliphatic carboxylic acids is 1. The zero-order chi connectivity index (χ0) is 9.94. The molecule has 12 heavy (non-hydrogen) atoms. The third-order valence-corrected chi connectivity index (χ3v) is 1.13. The van der Waals surface area contributed by atoms with Crippen molar-refractivity contribution in [3.05, 3.63) is 0 Å². The van der Waals surface area contributed by atoms with E-state index in [0.717, 1.165) is 0 Å². The van der Waals surface area contributed by atoms with Gasteiger partial charge < -0.3 is 14.9 Å². The molecule has 0 amide bonds. The van der Waals surface area contributed by atoms with Gasteiger partial charge >= 0.3 is 11.9 Å². The van der Waals surface area contributed by atoms with Crippen LogP contribution in [0.3, 0.4) is 0 Å². The Balaban J connectivity index is 4.11. The lowest BCUT2D eigenvalue weighted by Gasteiger charge is -2.17. The van der Waals surface area contributed by atoms with E-state index in [1.807, 2.05) is 0 Å². The second-order valence-corrected chi connectivity index (χ2v) is 2.94. The molecule has 2 N–H and O–H groups in total. The molecule has 0 radical (unpaired) electrons. The summed E-state index contributed by atoms with van der Waals surface area (Å²) in [5.41, 5.74) is -1.65. The fourth-order valence-electron chi connectivity index (χ4n) is 0.355. The Morgan fingerprint density at radius 1 is 1.42 bits per heavy atom. The van der Waals surface area contributed by atoms with Crippen LogP contribution in [0, 0.1) is 0 Å². The normalized spacial score (nSPS) is 13.7. The predicted molar refractivity (Wildman–Crippen MR) is 39.5 cm³/mol. The molecule has 0 aliphatic rings. The topological polar surface area (TPSA) is 83.8 Å². The smallest absolute Gasteiger partial charge is 0.344 e. The van der Waals surface area contributed by atoms with E-state index in [9.17, 15) is 9.59 Å². The first kappa shape index (κ1) is 10.9. The minimum absolute atomic E-state index is 0.947. The van der Waals surface area contributed by atoms with E-state index in [2.05, 4.69) is 4.74 Å². The van der Waals surface area contributed by atoms with Crippen molar-refractivity contribution < 1.29 is 24.5 Å². The molecule has 0 aliphatic heterocycles. The zero-order valence-electron chi connectivity index (χ0n) is 7.20. The number of carboxylic acid groups (broad SMARTS) is 1. The standard InChI is InChI=1S/C7H12O5/c1-4(5(8)9)12-6(10)7(2,3)11/h4,11H,1-3H3,(H,8,9). The Kier molecular flexibility index (Phi) is 3.21. The van der Waals surface area contributed by atoms with Gasteiger partial charge in [0.25, 0.3) is 0 Å². The third-order valence-electron chi connectivity index (χ3n) is 1.13. The van der Waals surface area contributed by atoms with Crippen LogP contribution in [0.25, 0.3) is 0 Å². The van der Waals surface area contributed by atoms with E-state index in [0.29, 0.717) is 0 Å². The molecule has 0 aromatic heterocycles. The van der Waals surface area contributed by atoms with Crippen LogP contribution < -0.4 is 0 Å². The van der Waals surface area contributed by atoms with Crippen molar-refractivity contribution in [1.29, 1.82) is 0 Å². The van der Waals surface area contributed by atoms with Crippen molar-refractivity contribution >= 4 is 11.9 Å². The highest BCUT2D eigenvalue weighted by Crippen LogP contribution is 2.05. The Bertz CT molecular complexity index is 190. The molecule has 70 valence electrons. The van der Waals surface area contributed by atoms with Gasteiger partial charge in [-0.3, -0.25) is 0 Å². The molecule has 0 aromatic rings. The summed E-state index contributed by atoms with van der Waals surface area (Å²) in [6, 6.07) is 0. The maximum Gasteiger partial charge on any atom is 0.344 e. The summed E-state index contributed by atoms with van der Waals surface area (Å²) in [5.74, 6) is -2.19. The summed E-state index contributed by atoms with van der Waals surface area (Å²) in [7, 11) is 0. The maximum atomic E-state index is 10.8. The van der Waals surface area contributed by atoms with Crippen molar-refractivity contribution in [2.75, 3.05) is 0 Å². The zero-order valence-corrected chi connectivity index (χ0v) is 7.20. The molecule has 0 aliphatic carbocycles. The number of esters is 1. The first-order valence-corrected chi connectivity index (χ1v) is 3.41. The molecule has 0 saturated carbocycles. The van der Waals surface area contributed by atoms with Gasteiger partial charge in [0.15, 0.2) is 11.7 Å². The number of aliphatic hydroxyl groups is 1. The van der Waals surface area contributed by atoms with Gasteiger partial charge in [-0.05, 0) is 20.8 Å². The Hall–Kier alpha value is -1.10. The summed E-state index contributed by atoms with van der Waals surface area (Å²) in [4.78, 5) is 21.0. The number of carbonyl (C=O) groups excluding carboxylic acids is 1. The van der Waals surface area contributed by atoms with Gasteiger partial charge in [0, 0.05) is 0 Å². The highest BCUT2D eigenvalue weighted by Gasteiger charge is 2.29. The minimum Gasteiger partial charge on any atom is -0.479 e. The van der Waals surface area contributed by atoms with Crippen LogP contribution in [0.2, 0.25) is 0 Å². The fraction of sp³-hybridized carbons (Fsp3) is 0.714. The SMILES string of the molecule is CC(OC(=O)C(C)(C)O)C(=O)O.